The van der Waals surface area contributed by atoms with E-state index in [1.54, 1.807) is 0 Å². The Balaban J connectivity index is 1.99. The van der Waals surface area contributed by atoms with E-state index in [2.05, 4.69) is 17.0 Å². The van der Waals surface area contributed by atoms with Gasteiger partial charge in [0.25, 0.3) is 0 Å². The van der Waals surface area contributed by atoms with Gasteiger partial charge in [0.05, 0.1) is 0 Å². The summed E-state index contributed by atoms with van der Waals surface area (Å²) < 4.78 is 0. The zero-order chi connectivity index (χ0) is 9.80. The van der Waals surface area contributed by atoms with Crippen LogP contribution < -0.4 is 0 Å². The van der Waals surface area contributed by atoms with Gasteiger partial charge in [-0.1, -0.05) is 36.2 Å². The summed E-state index contributed by atoms with van der Waals surface area (Å²) in [6, 6.07) is 8.14. The van der Waals surface area contributed by atoms with Gasteiger partial charge in [0, 0.05) is 11.6 Å². The van der Waals surface area contributed by atoms with Gasteiger partial charge in [-0.15, -0.1) is 0 Å². The van der Waals surface area contributed by atoms with Crippen LogP contribution in [0.5, 0.6) is 0 Å². The lowest BCUT2D eigenvalue weighted by Gasteiger charge is -2.26. The van der Waals surface area contributed by atoms with Crippen molar-refractivity contribution in [3.05, 3.63) is 34.9 Å². The second kappa shape index (κ2) is 4.81. The van der Waals surface area contributed by atoms with Crippen LogP contribution in [0.2, 0.25) is 5.02 Å². The maximum atomic E-state index is 6.12. The Labute approximate surface area is 90.7 Å². The SMILES string of the molecule is Clc1ccccc1CN1CCCCC1. The molecule has 0 saturated carbocycles. The number of nitrogens with zero attached hydrogens (tertiary/aromatic N) is 1. The van der Waals surface area contributed by atoms with Gasteiger partial charge < -0.3 is 0 Å². The van der Waals surface area contributed by atoms with Gasteiger partial charge in [-0.05, 0) is 37.6 Å². The predicted molar refractivity (Wildman–Crippen MR) is 60.6 cm³/mol. The van der Waals surface area contributed by atoms with Crippen molar-refractivity contribution in [2.75, 3.05) is 13.1 Å². The second-order valence-corrected chi connectivity index (χ2v) is 4.34. The zero-order valence-corrected chi connectivity index (χ0v) is 9.13. The van der Waals surface area contributed by atoms with E-state index in [9.17, 15) is 0 Å². The lowest BCUT2D eigenvalue weighted by molar-refractivity contribution is 0.221. The molecule has 1 saturated heterocycles. The van der Waals surface area contributed by atoms with Crippen LogP contribution in [0.15, 0.2) is 24.3 Å². The van der Waals surface area contributed by atoms with Crippen molar-refractivity contribution in [3.8, 4) is 0 Å². The lowest BCUT2D eigenvalue weighted by Crippen LogP contribution is -2.29. The summed E-state index contributed by atoms with van der Waals surface area (Å²) in [6.07, 6.45) is 4.06. The molecule has 1 aromatic rings. The van der Waals surface area contributed by atoms with E-state index < -0.39 is 0 Å². The number of piperidine rings is 1. The van der Waals surface area contributed by atoms with Gasteiger partial charge in [-0.3, -0.25) is 4.90 Å². The van der Waals surface area contributed by atoms with Gasteiger partial charge in [0.1, 0.15) is 0 Å². The molecule has 76 valence electrons. The van der Waals surface area contributed by atoms with Gasteiger partial charge in [-0.2, -0.15) is 0 Å². The number of rotatable bonds is 2. The fourth-order valence-corrected chi connectivity index (χ4v) is 2.18. The number of hydrogen-bond acceptors (Lipinski definition) is 1. The van der Waals surface area contributed by atoms with Crippen LogP contribution >= 0.6 is 11.6 Å². The molecule has 0 amide bonds. The third-order valence-electron chi connectivity index (χ3n) is 2.80. The van der Waals surface area contributed by atoms with Crippen molar-refractivity contribution in [2.24, 2.45) is 0 Å². The fourth-order valence-electron chi connectivity index (χ4n) is 1.99. The molecule has 0 atom stereocenters. The molecule has 2 rings (SSSR count). The van der Waals surface area contributed by atoms with Crippen molar-refractivity contribution >= 4 is 11.6 Å². The molecule has 1 aliphatic heterocycles. The molecular weight excluding hydrogens is 194 g/mol. The van der Waals surface area contributed by atoms with Crippen molar-refractivity contribution in [1.29, 1.82) is 0 Å². The van der Waals surface area contributed by atoms with Crippen molar-refractivity contribution in [3.63, 3.8) is 0 Å². The van der Waals surface area contributed by atoms with E-state index in [4.69, 9.17) is 11.6 Å². The first-order valence-electron chi connectivity index (χ1n) is 5.32. The first-order valence-corrected chi connectivity index (χ1v) is 5.70. The normalized spacial score (nSPS) is 18.4. The highest BCUT2D eigenvalue weighted by atomic mass is 35.5. The Kier molecular flexibility index (Phi) is 3.44. The second-order valence-electron chi connectivity index (χ2n) is 3.93. The topological polar surface area (TPSA) is 3.24 Å². The molecule has 0 aliphatic carbocycles. The molecule has 1 fully saturated rings. The van der Waals surface area contributed by atoms with E-state index in [-0.39, 0.29) is 0 Å². The molecule has 0 N–H and O–H groups in total. The third kappa shape index (κ3) is 2.49. The molecule has 0 radical (unpaired) electrons. The Morgan fingerprint density at radius 3 is 2.50 bits per heavy atom. The van der Waals surface area contributed by atoms with E-state index in [1.165, 1.54) is 37.9 Å². The Morgan fingerprint density at radius 1 is 1.07 bits per heavy atom. The Morgan fingerprint density at radius 2 is 1.79 bits per heavy atom. The minimum absolute atomic E-state index is 0.901. The summed E-state index contributed by atoms with van der Waals surface area (Å²) in [5.41, 5.74) is 1.26. The molecule has 0 spiro atoms. The minimum atomic E-state index is 0.901. The van der Waals surface area contributed by atoms with Crippen LogP contribution in [0.25, 0.3) is 0 Å². The number of benzene rings is 1. The molecule has 0 bridgehead atoms. The molecule has 2 heteroatoms. The highest BCUT2D eigenvalue weighted by Crippen LogP contribution is 2.19. The summed E-state index contributed by atoms with van der Waals surface area (Å²) in [4.78, 5) is 2.49. The van der Waals surface area contributed by atoms with Crippen molar-refractivity contribution in [2.45, 2.75) is 25.8 Å². The quantitative estimate of drug-likeness (QED) is 0.723. The minimum Gasteiger partial charge on any atom is -0.299 e. The summed E-state index contributed by atoms with van der Waals surface area (Å²) in [5.74, 6) is 0. The smallest absolute Gasteiger partial charge is 0.0451 e. The number of likely N-dealkylation sites (tertiary alicyclic amines) is 1. The highest BCUT2D eigenvalue weighted by molar-refractivity contribution is 6.31. The molecular formula is C12H16ClN. The van der Waals surface area contributed by atoms with Crippen molar-refractivity contribution < 1.29 is 0 Å². The van der Waals surface area contributed by atoms with E-state index in [0.29, 0.717) is 0 Å². The molecule has 0 aromatic heterocycles. The molecule has 1 aliphatic rings. The maximum absolute atomic E-state index is 6.12. The van der Waals surface area contributed by atoms with Crippen LogP contribution in [0.3, 0.4) is 0 Å². The summed E-state index contributed by atoms with van der Waals surface area (Å²) in [5, 5.41) is 0.901. The van der Waals surface area contributed by atoms with Crippen LogP contribution in [0.4, 0.5) is 0 Å². The Bertz CT molecular complexity index is 292. The predicted octanol–water partition coefficient (Wildman–Crippen LogP) is 3.33. The van der Waals surface area contributed by atoms with Gasteiger partial charge >= 0.3 is 0 Å². The first kappa shape index (κ1) is 10.0. The summed E-state index contributed by atoms with van der Waals surface area (Å²) in [7, 11) is 0. The van der Waals surface area contributed by atoms with Crippen molar-refractivity contribution in [1.82, 2.24) is 4.90 Å². The number of hydrogen-bond donors (Lipinski definition) is 0. The standard InChI is InChI=1S/C12H16ClN/c13-12-7-3-2-6-11(12)10-14-8-4-1-5-9-14/h2-3,6-7H,1,4-5,8-10H2. The van der Waals surface area contributed by atoms with E-state index in [1.807, 2.05) is 12.1 Å². The summed E-state index contributed by atoms with van der Waals surface area (Å²) >= 11 is 6.12. The summed E-state index contributed by atoms with van der Waals surface area (Å²) in [6.45, 7) is 3.47. The van der Waals surface area contributed by atoms with Crippen LogP contribution in [-0.4, -0.2) is 18.0 Å². The third-order valence-corrected chi connectivity index (χ3v) is 3.17. The Hall–Kier alpha value is -0.530. The molecule has 14 heavy (non-hydrogen) atoms. The van der Waals surface area contributed by atoms with Crippen LogP contribution in [0, 0.1) is 0 Å². The molecule has 1 aromatic carbocycles. The highest BCUT2D eigenvalue weighted by Gasteiger charge is 2.11. The monoisotopic (exact) mass is 209 g/mol. The molecule has 0 unspecified atom stereocenters. The molecule has 1 nitrogen and oxygen atoms in total. The largest absolute Gasteiger partial charge is 0.299 e. The zero-order valence-electron chi connectivity index (χ0n) is 8.38. The first-order chi connectivity index (χ1) is 6.86. The van der Waals surface area contributed by atoms with E-state index >= 15 is 0 Å². The van der Waals surface area contributed by atoms with Gasteiger partial charge in [0.2, 0.25) is 0 Å². The van der Waals surface area contributed by atoms with Crippen LogP contribution in [0.1, 0.15) is 24.8 Å². The number of halogens is 1. The average molecular weight is 210 g/mol. The maximum Gasteiger partial charge on any atom is 0.0451 e. The van der Waals surface area contributed by atoms with Gasteiger partial charge in [0.15, 0.2) is 0 Å². The lowest BCUT2D eigenvalue weighted by atomic mass is 10.1. The van der Waals surface area contributed by atoms with Gasteiger partial charge in [-0.25, -0.2) is 0 Å². The van der Waals surface area contributed by atoms with Crippen LogP contribution in [-0.2, 0) is 6.54 Å². The van der Waals surface area contributed by atoms with E-state index in [0.717, 1.165) is 11.6 Å². The fraction of sp³-hybridized carbons (Fsp3) is 0.500. The average Bonchev–Trinajstić information content (AvgIpc) is 2.23. The molecule has 1 heterocycles.